The first-order chi connectivity index (χ1) is 8.15. The van der Waals surface area contributed by atoms with E-state index in [1.165, 1.54) is 0 Å². The third kappa shape index (κ3) is 4.75. The number of nitrogens with zero attached hydrogens (tertiary/aromatic N) is 1. The lowest BCUT2D eigenvalue weighted by molar-refractivity contribution is 0.0145. The van der Waals surface area contributed by atoms with Crippen LogP contribution in [0, 0.1) is 6.92 Å². The zero-order valence-corrected chi connectivity index (χ0v) is 10.1. The van der Waals surface area contributed by atoms with Gasteiger partial charge in [0.1, 0.15) is 6.61 Å². The first-order valence-electron chi connectivity index (χ1n) is 5.58. The number of hydrogen-bond acceptors (Lipinski definition) is 3. The third-order valence-electron chi connectivity index (χ3n) is 2.60. The van der Waals surface area contributed by atoms with Crippen molar-refractivity contribution >= 4 is 0 Å². The van der Waals surface area contributed by atoms with Crippen LogP contribution in [0.25, 0.3) is 0 Å². The van der Waals surface area contributed by atoms with Gasteiger partial charge in [0.25, 0.3) is 6.43 Å². The van der Waals surface area contributed by atoms with Crippen molar-refractivity contribution in [3.63, 3.8) is 0 Å². The van der Waals surface area contributed by atoms with Crippen molar-refractivity contribution in [2.75, 3.05) is 20.3 Å². The molecule has 0 spiro atoms. The molecule has 0 bridgehead atoms. The van der Waals surface area contributed by atoms with Crippen LogP contribution in [0.15, 0.2) is 18.5 Å². The molecule has 0 amide bonds. The van der Waals surface area contributed by atoms with Gasteiger partial charge in [-0.2, -0.15) is 0 Å². The Morgan fingerprint density at radius 2 is 2.24 bits per heavy atom. The van der Waals surface area contributed by atoms with Crippen molar-refractivity contribution in [2.45, 2.75) is 25.8 Å². The molecule has 0 radical (unpaired) electrons. The highest BCUT2D eigenvalue weighted by Gasteiger charge is 2.12. The summed E-state index contributed by atoms with van der Waals surface area (Å²) in [7, 11) is 1.84. The lowest BCUT2D eigenvalue weighted by Gasteiger charge is -2.18. The number of alkyl halides is 2. The quantitative estimate of drug-likeness (QED) is 0.747. The fourth-order valence-corrected chi connectivity index (χ4v) is 1.67. The number of halogens is 2. The minimum atomic E-state index is -2.40. The van der Waals surface area contributed by atoms with Crippen LogP contribution in [0.3, 0.4) is 0 Å². The van der Waals surface area contributed by atoms with Gasteiger partial charge in [0, 0.05) is 25.0 Å². The molecule has 17 heavy (non-hydrogen) atoms. The van der Waals surface area contributed by atoms with E-state index in [0.29, 0.717) is 13.0 Å². The molecule has 0 aliphatic heterocycles. The van der Waals surface area contributed by atoms with Crippen LogP contribution in [0.4, 0.5) is 8.78 Å². The van der Waals surface area contributed by atoms with Gasteiger partial charge in [-0.25, -0.2) is 8.78 Å². The minimum absolute atomic E-state index is 0.0846. The van der Waals surface area contributed by atoms with Gasteiger partial charge in [-0.1, -0.05) is 0 Å². The molecule has 0 aliphatic rings. The highest BCUT2D eigenvalue weighted by atomic mass is 19.3. The van der Waals surface area contributed by atoms with Crippen LogP contribution in [-0.2, 0) is 4.74 Å². The van der Waals surface area contributed by atoms with Gasteiger partial charge in [-0.05, 0) is 37.6 Å². The Hall–Kier alpha value is -1.07. The maximum atomic E-state index is 11.9. The topological polar surface area (TPSA) is 34.1 Å². The molecule has 3 nitrogen and oxygen atoms in total. The van der Waals surface area contributed by atoms with Crippen molar-refractivity contribution in [2.24, 2.45) is 0 Å². The predicted molar refractivity (Wildman–Crippen MR) is 62.2 cm³/mol. The standard InChI is InChI=1S/C12H18F2N2O/c1-9-3-5-16-7-10(9)11(15-2)4-6-17-8-12(13)14/h3,5,7,11-12,15H,4,6,8H2,1-2H3. The van der Waals surface area contributed by atoms with Crippen LogP contribution in [0.5, 0.6) is 0 Å². The fourth-order valence-electron chi connectivity index (χ4n) is 1.67. The highest BCUT2D eigenvalue weighted by Crippen LogP contribution is 2.19. The molecule has 1 aromatic heterocycles. The molecule has 0 saturated carbocycles. The molecule has 0 aliphatic carbocycles. The molecule has 1 heterocycles. The minimum Gasteiger partial charge on any atom is -0.375 e. The zero-order chi connectivity index (χ0) is 12.7. The second-order valence-corrected chi connectivity index (χ2v) is 3.83. The number of hydrogen-bond donors (Lipinski definition) is 1. The van der Waals surface area contributed by atoms with Crippen molar-refractivity contribution in [1.29, 1.82) is 0 Å². The molecule has 96 valence electrons. The summed E-state index contributed by atoms with van der Waals surface area (Å²) in [6.07, 6.45) is 1.78. The number of aromatic nitrogens is 1. The molecule has 1 rings (SSSR count). The lowest BCUT2D eigenvalue weighted by Crippen LogP contribution is -2.20. The molecule has 0 fully saturated rings. The highest BCUT2D eigenvalue weighted by molar-refractivity contribution is 5.24. The van der Waals surface area contributed by atoms with E-state index in [1.807, 2.05) is 20.0 Å². The molecule has 1 unspecified atom stereocenters. The van der Waals surface area contributed by atoms with E-state index in [0.717, 1.165) is 11.1 Å². The van der Waals surface area contributed by atoms with Gasteiger partial charge >= 0.3 is 0 Å². The van der Waals surface area contributed by atoms with Gasteiger partial charge in [0.15, 0.2) is 0 Å². The van der Waals surface area contributed by atoms with Crippen molar-refractivity contribution in [3.05, 3.63) is 29.6 Å². The van der Waals surface area contributed by atoms with Crippen LogP contribution in [0.2, 0.25) is 0 Å². The summed E-state index contributed by atoms with van der Waals surface area (Å²) in [4.78, 5) is 4.07. The third-order valence-corrected chi connectivity index (χ3v) is 2.60. The molecule has 5 heteroatoms. The van der Waals surface area contributed by atoms with Crippen LogP contribution in [0.1, 0.15) is 23.6 Å². The molecular formula is C12H18F2N2O. The smallest absolute Gasteiger partial charge is 0.261 e. The number of ether oxygens (including phenoxy) is 1. The Balaban J connectivity index is 2.46. The molecule has 0 saturated heterocycles. The van der Waals surface area contributed by atoms with E-state index in [1.54, 1.807) is 12.4 Å². The zero-order valence-electron chi connectivity index (χ0n) is 10.1. The summed E-state index contributed by atoms with van der Waals surface area (Å²) in [6.45, 7) is 1.81. The van der Waals surface area contributed by atoms with Gasteiger partial charge < -0.3 is 10.1 Å². The van der Waals surface area contributed by atoms with Crippen LogP contribution in [-0.4, -0.2) is 31.7 Å². The second-order valence-electron chi connectivity index (χ2n) is 3.83. The molecular weight excluding hydrogens is 226 g/mol. The summed E-state index contributed by atoms with van der Waals surface area (Å²) in [5.74, 6) is 0. The molecule has 1 aromatic rings. The number of rotatable bonds is 7. The van der Waals surface area contributed by atoms with Crippen LogP contribution >= 0.6 is 0 Å². The Kier molecular flexibility index (Phi) is 6.00. The second kappa shape index (κ2) is 7.29. The maximum absolute atomic E-state index is 11.9. The van der Waals surface area contributed by atoms with Crippen molar-refractivity contribution in [3.8, 4) is 0 Å². The largest absolute Gasteiger partial charge is 0.375 e. The fraction of sp³-hybridized carbons (Fsp3) is 0.583. The lowest BCUT2D eigenvalue weighted by atomic mass is 10.0. The Bertz CT molecular complexity index is 334. The number of nitrogens with one attached hydrogen (secondary N) is 1. The van der Waals surface area contributed by atoms with E-state index in [9.17, 15) is 8.78 Å². The number of aryl methyl sites for hydroxylation is 1. The summed E-state index contributed by atoms with van der Waals surface area (Å²) in [5.41, 5.74) is 2.21. The van der Waals surface area contributed by atoms with E-state index in [-0.39, 0.29) is 6.04 Å². The van der Waals surface area contributed by atoms with Crippen molar-refractivity contribution < 1.29 is 13.5 Å². The summed E-state index contributed by atoms with van der Waals surface area (Å²) >= 11 is 0. The Morgan fingerprint density at radius 3 is 2.82 bits per heavy atom. The maximum Gasteiger partial charge on any atom is 0.261 e. The summed E-state index contributed by atoms with van der Waals surface area (Å²) in [5, 5.41) is 3.14. The van der Waals surface area contributed by atoms with Gasteiger partial charge in [0.2, 0.25) is 0 Å². The summed E-state index contributed by atoms with van der Waals surface area (Å²) < 4.78 is 28.6. The first-order valence-corrected chi connectivity index (χ1v) is 5.58. The Labute approximate surface area is 100 Å². The normalized spacial score (nSPS) is 13.0. The van der Waals surface area contributed by atoms with E-state index in [4.69, 9.17) is 4.74 Å². The summed E-state index contributed by atoms with van der Waals surface area (Å²) in [6, 6.07) is 2.01. The monoisotopic (exact) mass is 244 g/mol. The molecule has 1 atom stereocenters. The molecule has 0 aromatic carbocycles. The van der Waals surface area contributed by atoms with E-state index in [2.05, 4.69) is 10.3 Å². The SMILES string of the molecule is CNC(CCOCC(F)F)c1cnccc1C. The van der Waals surface area contributed by atoms with Crippen LogP contribution < -0.4 is 5.32 Å². The average Bonchev–Trinajstić information content (AvgIpc) is 2.30. The van der Waals surface area contributed by atoms with Gasteiger partial charge in [-0.15, -0.1) is 0 Å². The van der Waals surface area contributed by atoms with E-state index >= 15 is 0 Å². The molecule has 1 N–H and O–H groups in total. The van der Waals surface area contributed by atoms with Gasteiger partial charge in [-0.3, -0.25) is 4.98 Å². The first kappa shape index (κ1) is 14.0. The van der Waals surface area contributed by atoms with E-state index < -0.39 is 13.0 Å². The number of pyridine rings is 1. The predicted octanol–water partition coefficient (Wildman–Crippen LogP) is 2.32. The van der Waals surface area contributed by atoms with Crippen molar-refractivity contribution in [1.82, 2.24) is 10.3 Å². The average molecular weight is 244 g/mol. The Morgan fingerprint density at radius 1 is 1.47 bits per heavy atom. The van der Waals surface area contributed by atoms with Gasteiger partial charge in [0.05, 0.1) is 0 Å².